The maximum absolute atomic E-state index is 12.9. The van der Waals surface area contributed by atoms with Gasteiger partial charge in [0.1, 0.15) is 4.90 Å². The van der Waals surface area contributed by atoms with Gasteiger partial charge in [-0.25, -0.2) is 0 Å². The maximum Gasteiger partial charge on any atom is 1.00 e. The zero-order valence-electron chi connectivity index (χ0n) is 20.8. The first-order chi connectivity index (χ1) is 17.4. The smallest absolute Gasteiger partial charge is 0.871 e. The van der Waals surface area contributed by atoms with Crippen LogP contribution in [0.2, 0.25) is 0 Å². The number of hydrogen-bond acceptors (Lipinski definition) is 10. The molecule has 16 heteroatoms. The minimum absolute atomic E-state index is 0. The Hall–Kier alpha value is -2.24. The molecule has 39 heavy (non-hydrogen) atoms. The first-order valence-corrected chi connectivity index (χ1v) is 13.2. The number of fused-ring (bicyclic) bond motifs is 1. The molecule has 0 unspecified atom stereocenters. The molecule has 4 rings (SSSR count). The van der Waals surface area contributed by atoms with Crippen LogP contribution in [0.4, 0.5) is 22.7 Å². The SMILES string of the molecule is Cc1c(N=Nc2ccccc2[O-])cccc1N=Nc1cc2c(S(=O)(=O)O)cccc2c(S(=O)(=O)O)c1[O-].[Na+].[Na+]. The number of hydrogen-bond donors (Lipinski definition) is 2. The summed E-state index contributed by atoms with van der Waals surface area (Å²) < 4.78 is 66.9. The summed E-state index contributed by atoms with van der Waals surface area (Å²) in [5.74, 6) is -1.55. The zero-order valence-corrected chi connectivity index (χ0v) is 26.4. The van der Waals surface area contributed by atoms with Crippen molar-refractivity contribution in [2.45, 2.75) is 16.7 Å². The van der Waals surface area contributed by atoms with Crippen LogP contribution in [0.15, 0.2) is 97.0 Å². The van der Waals surface area contributed by atoms with Gasteiger partial charge in [-0.15, -0.1) is 0 Å². The number of nitrogens with zero attached hydrogens (tertiary/aromatic N) is 4. The first-order valence-electron chi connectivity index (χ1n) is 10.3. The fourth-order valence-electron chi connectivity index (χ4n) is 3.47. The molecule has 0 bridgehead atoms. The van der Waals surface area contributed by atoms with E-state index in [-0.39, 0.29) is 81.6 Å². The summed E-state index contributed by atoms with van der Waals surface area (Å²) in [5, 5.41) is 39.7. The van der Waals surface area contributed by atoms with Crippen LogP contribution < -0.4 is 69.3 Å². The van der Waals surface area contributed by atoms with Crippen molar-refractivity contribution in [3.63, 3.8) is 0 Å². The van der Waals surface area contributed by atoms with Gasteiger partial charge in [-0.1, -0.05) is 47.9 Å². The summed E-state index contributed by atoms with van der Waals surface area (Å²) in [7, 11) is -9.95. The number of para-hydroxylation sites is 1. The number of azo groups is 2. The Morgan fingerprint density at radius 2 is 1.15 bits per heavy atom. The van der Waals surface area contributed by atoms with Crippen molar-refractivity contribution in [1.29, 1.82) is 0 Å². The van der Waals surface area contributed by atoms with E-state index in [9.17, 15) is 36.2 Å². The van der Waals surface area contributed by atoms with Gasteiger partial charge in [0, 0.05) is 16.3 Å². The van der Waals surface area contributed by atoms with Crippen LogP contribution >= 0.6 is 0 Å². The molecule has 0 radical (unpaired) electrons. The van der Waals surface area contributed by atoms with E-state index in [2.05, 4.69) is 20.5 Å². The molecule has 4 aromatic carbocycles. The molecule has 0 atom stereocenters. The Balaban J connectivity index is 0.00000267. The molecule has 0 spiro atoms. The molecule has 0 aromatic heterocycles. The van der Waals surface area contributed by atoms with Crippen molar-refractivity contribution < 1.29 is 95.3 Å². The summed E-state index contributed by atoms with van der Waals surface area (Å²) in [6.07, 6.45) is 0. The van der Waals surface area contributed by atoms with Gasteiger partial charge in [0.15, 0.2) is 0 Å². The van der Waals surface area contributed by atoms with Crippen LogP contribution in [-0.2, 0) is 20.2 Å². The molecule has 2 N–H and O–H groups in total. The third kappa shape index (κ3) is 7.29. The third-order valence-corrected chi connectivity index (χ3v) is 7.07. The molecule has 190 valence electrons. The van der Waals surface area contributed by atoms with E-state index < -0.39 is 46.9 Å². The van der Waals surface area contributed by atoms with Gasteiger partial charge in [-0.2, -0.15) is 37.3 Å². The van der Waals surface area contributed by atoms with Crippen molar-refractivity contribution in [1.82, 2.24) is 0 Å². The molecular weight excluding hydrogens is 570 g/mol. The van der Waals surface area contributed by atoms with E-state index in [0.29, 0.717) is 11.3 Å². The fraction of sp³-hybridized carbons (Fsp3) is 0.0435. The van der Waals surface area contributed by atoms with Crippen LogP contribution in [-0.4, -0.2) is 25.9 Å². The second-order valence-corrected chi connectivity index (χ2v) is 10.4. The molecule has 0 amide bonds. The van der Waals surface area contributed by atoms with Crippen molar-refractivity contribution in [2.75, 3.05) is 0 Å². The van der Waals surface area contributed by atoms with Gasteiger partial charge in [0.2, 0.25) is 0 Å². The van der Waals surface area contributed by atoms with Crippen LogP contribution in [0.25, 0.3) is 10.8 Å². The zero-order chi connectivity index (χ0) is 27.0. The molecule has 4 aromatic rings. The van der Waals surface area contributed by atoms with Gasteiger partial charge in [0.05, 0.1) is 27.6 Å². The molecule has 0 aliphatic rings. The Labute approximate surface area is 267 Å². The predicted octanol–water partition coefficient (Wildman–Crippen LogP) is -1.37. The molecule has 0 saturated heterocycles. The van der Waals surface area contributed by atoms with E-state index in [4.69, 9.17) is 0 Å². The third-order valence-electron chi connectivity index (χ3n) is 5.24. The predicted molar refractivity (Wildman–Crippen MR) is 128 cm³/mol. The summed E-state index contributed by atoms with van der Waals surface area (Å²) in [5.41, 5.74) is 0.479. The minimum Gasteiger partial charge on any atom is -0.871 e. The maximum atomic E-state index is 12.9. The fourth-order valence-corrected chi connectivity index (χ4v) is 4.96. The quantitative estimate of drug-likeness (QED) is 0.156. The van der Waals surface area contributed by atoms with Crippen LogP contribution in [0.1, 0.15) is 5.56 Å². The molecule has 0 aliphatic carbocycles. The summed E-state index contributed by atoms with van der Waals surface area (Å²) >= 11 is 0. The van der Waals surface area contributed by atoms with Crippen molar-refractivity contribution in [2.24, 2.45) is 20.5 Å². The van der Waals surface area contributed by atoms with Gasteiger partial charge in [-0.05, 0) is 37.3 Å². The Bertz CT molecular complexity index is 1830. The van der Waals surface area contributed by atoms with Gasteiger partial charge < -0.3 is 10.2 Å². The van der Waals surface area contributed by atoms with Crippen LogP contribution in [0.3, 0.4) is 0 Å². The standard InChI is InChI=1S/C23H18N4O8S2.2Na/c1-13-16(24-26-18-7-2-3-10-20(18)28)8-5-9-17(13)25-27-19-12-15-14(23(22(19)29)37(33,34)35)6-4-11-21(15)36(30,31)32;;/h2-12,28-29H,1H3,(H,30,31,32)(H,33,34,35);;/q;2*+1/p-2. The van der Waals surface area contributed by atoms with Gasteiger partial charge in [0.25, 0.3) is 20.2 Å². The van der Waals surface area contributed by atoms with Crippen molar-refractivity contribution >= 4 is 53.8 Å². The van der Waals surface area contributed by atoms with E-state index in [1.54, 1.807) is 31.2 Å². The first kappa shape index (κ1) is 33.0. The van der Waals surface area contributed by atoms with E-state index in [0.717, 1.165) is 24.3 Å². The summed E-state index contributed by atoms with van der Waals surface area (Å²) in [4.78, 5) is -1.80. The number of benzene rings is 4. The summed E-state index contributed by atoms with van der Waals surface area (Å²) in [6.45, 7) is 1.62. The second-order valence-electron chi connectivity index (χ2n) is 7.64. The largest absolute Gasteiger partial charge is 1.00 e. The summed E-state index contributed by atoms with van der Waals surface area (Å²) in [6, 6.07) is 14.8. The van der Waals surface area contributed by atoms with E-state index >= 15 is 0 Å². The second kappa shape index (κ2) is 13.0. The molecular formula is C23H16N4Na2O8S2. The molecule has 0 saturated carbocycles. The van der Waals surface area contributed by atoms with Gasteiger partial charge in [-0.3, -0.25) is 9.11 Å². The van der Waals surface area contributed by atoms with Gasteiger partial charge >= 0.3 is 59.1 Å². The van der Waals surface area contributed by atoms with E-state index in [1.807, 2.05) is 0 Å². The Morgan fingerprint density at radius 1 is 0.641 bits per heavy atom. The monoisotopic (exact) mass is 586 g/mol. The number of rotatable bonds is 6. The van der Waals surface area contributed by atoms with E-state index in [1.165, 1.54) is 18.2 Å². The Morgan fingerprint density at radius 3 is 1.72 bits per heavy atom. The normalized spacial score (nSPS) is 12.0. The molecule has 0 fully saturated rings. The molecule has 0 heterocycles. The molecule has 12 nitrogen and oxygen atoms in total. The van der Waals surface area contributed by atoms with Crippen molar-refractivity contribution in [3.05, 3.63) is 72.3 Å². The van der Waals surface area contributed by atoms with Crippen LogP contribution in [0.5, 0.6) is 11.5 Å². The molecule has 0 aliphatic heterocycles. The Kier molecular flexibility index (Phi) is 10.9. The van der Waals surface area contributed by atoms with Crippen LogP contribution in [0, 0.1) is 6.92 Å². The average molecular weight is 587 g/mol. The van der Waals surface area contributed by atoms with Crippen molar-refractivity contribution in [3.8, 4) is 11.5 Å². The average Bonchev–Trinajstić information content (AvgIpc) is 2.81. The minimum atomic E-state index is -5.12. The topological polar surface area (TPSA) is 204 Å².